The third-order valence-electron chi connectivity index (χ3n) is 5.47. The summed E-state index contributed by atoms with van der Waals surface area (Å²) in [4.78, 5) is 27.6. The van der Waals surface area contributed by atoms with Crippen molar-refractivity contribution < 1.29 is 23.5 Å². The second-order valence-corrected chi connectivity index (χ2v) is 7.39. The molecule has 31 heavy (non-hydrogen) atoms. The third-order valence-corrected chi connectivity index (χ3v) is 5.47. The molecule has 156 valence electrons. The number of anilines is 2. The Kier molecular flexibility index (Phi) is 4.78. The van der Waals surface area contributed by atoms with Crippen molar-refractivity contribution in [1.29, 1.82) is 0 Å². The highest BCUT2D eigenvalue weighted by molar-refractivity contribution is 6.09. The van der Waals surface area contributed by atoms with E-state index in [1.54, 1.807) is 23.1 Å². The average molecular weight is 418 g/mol. The van der Waals surface area contributed by atoms with E-state index in [1.165, 1.54) is 24.3 Å². The van der Waals surface area contributed by atoms with E-state index < -0.39 is 5.82 Å². The molecule has 7 heteroatoms. The first-order valence-corrected chi connectivity index (χ1v) is 10.0. The van der Waals surface area contributed by atoms with Crippen LogP contribution in [0.2, 0.25) is 0 Å². The molecule has 0 bridgehead atoms. The Morgan fingerprint density at radius 2 is 1.71 bits per heavy atom. The van der Waals surface area contributed by atoms with Crippen molar-refractivity contribution in [1.82, 2.24) is 0 Å². The SMILES string of the molecule is O=C(Nc1cccc2c1CCCN2C(=O)c1ccc2c(c1)OCO2)c1ccc(F)cc1. The van der Waals surface area contributed by atoms with Gasteiger partial charge in [-0.1, -0.05) is 6.07 Å². The largest absolute Gasteiger partial charge is 0.454 e. The Balaban J connectivity index is 1.43. The number of nitrogens with zero attached hydrogens (tertiary/aromatic N) is 1. The summed E-state index contributed by atoms with van der Waals surface area (Å²) in [6.07, 6.45) is 1.51. The van der Waals surface area contributed by atoms with Crippen molar-refractivity contribution in [2.75, 3.05) is 23.6 Å². The molecule has 0 spiro atoms. The summed E-state index contributed by atoms with van der Waals surface area (Å²) in [7, 11) is 0. The van der Waals surface area contributed by atoms with Crippen LogP contribution in [0.5, 0.6) is 11.5 Å². The van der Waals surface area contributed by atoms with Crippen LogP contribution < -0.4 is 19.7 Å². The van der Waals surface area contributed by atoms with E-state index in [0.29, 0.717) is 34.9 Å². The van der Waals surface area contributed by atoms with Gasteiger partial charge in [0.05, 0.1) is 0 Å². The van der Waals surface area contributed by atoms with Crippen LogP contribution in [0.25, 0.3) is 0 Å². The standard InChI is InChI=1S/C24H19FN2O4/c25-17-9-6-15(7-10-17)23(28)26-19-4-1-5-20-18(19)3-2-12-27(20)24(29)16-8-11-21-22(13-16)31-14-30-21/h1,4-11,13H,2-3,12,14H2,(H,26,28). The van der Waals surface area contributed by atoms with Gasteiger partial charge in [0.15, 0.2) is 11.5 Å². The Morgan fingerprint density at radius 3 is 2.55 bits per heavy atom. The predicted molar refractivity (Wildman–Crippen MR) is 113 cm³/mol. The summed E-state index contributed by atoms with van der Waals surface area (Å²) in [6, 6.07) is 16.0. The maximum atomic E-state index is 13.3. The number of benzene rings is 3. The van der Waals surface area contributed by atoms with Crippen molar-refractivity contribution in [2.24, 2.45) is 0 Å². The van der Waals surface area contributed by atoms with E-state index in [1.807, 2.05) is 18.2 Å². The smallest absolute Gasteiger partial charge is 0.258 e. The molecule has 0 saturated carbocycles. The van der Waals surface area contributed by atoms with Crippen LogP contribution >= 0.6 is 0 Å². The molecule has 0 saturated heterocycles. The Labute approximate surface area is 178 Å². The van der Waals surface area contributed by atoms with E-state index in [2.05, 4.69) is 5.32 Å². The first-order valence-electron chi connectivity index (χ1n) is 10.0. The van der Waals surface area contributed by atoms with Crippen LogP contribution in [0.15, 0.2) is 60.7 Å². The van der Waals surface area contributed by atoms with E-state index in [4.69, 9.17) is 9.47 Å². The van der Waals surface area contributed by atoms with Gasteiger partial charge in [0.2, 0.25) is 6.79 Å². The molecule has 2 aliphatic rings. The van der Waals surface area contributed by atoms with Crippen molar-refractivity contribution in [3.05, 3.63) is 83.2 Å². The number of nitrogens with one attached hydrogen (secondary N) is 1. The summed E-state index contributed by atoms with van der Waals surface area (Å²) < 4.78 is 23.9. The van der Waals surface area contributed by atoms with Gasteiger partial charge < -0.3 is 19.7 Å². The molecule has 0 radical (unpaired) electrons. The molecular formula is C24H19FN2O4. The molecule has 2 heterocycles. The topological polar surface area (TPSA) is 67.9 Å². The zero-order valence-corrected chi connectivity index (χ0v) is 16.6. The highest BCUT2D eigenvalue weighted by atomic mass is 19.1. The molecule has 0 aliphatic carbocycles. The molecular weight excluding hydrogens is 399 g/mol. The van der Waals surface area contributed by atoms with Crippen molar-refractivity contribution >= 4 is 23.2 Å². The van der Waals surface area contributed by atoms with E-state index >= 15 is 0 Å². The zero-order valence-electron chi connectivity index (χ0n) is 16.6. The Morgan fingerprint density at radius 1 is 0.935 bits per heavy atom. The van der Waals surface area contributed by atoms with Crippen LogP contribution in [0.1, 0.15) is 32.7 Å². The quantitative estimate of drug-likeness (QED) is 0.685. The summed E-state index contributed by atoms with van der Waals surface area (Å²) in [6.45, 7) is 0.728. The molecule has 2 amide bonds. The fourth-order valence-electron chi connectivity index (χ4n) is 3.93. The highest BCUT2D eigenvalue weighted by Gasteiger charge is 2.27. The van der Waals surface area contributed by atoms with Gasteiger partial charge in [-0.2, -0.15) is 0 Å². The number of carbonyl (C=O) groups is 2. The van der Waals surface area contributed by atoms with Gasteiger partial charge in [-0.05, 0) is 73.0 Å². The summed E-state index contributed by atoms with van der Waals surface area (Å²) in [5.74, 6) is 0.324. The summed E-state index contributed by atoms with van der Waals surface area (Å²) in [5.41, 5.74) is 3.19. The number of amides is 2. The molecule has 2 aliphatic heterocycles. The highest BCUT2D eigenvalue weighted by Crippen LogP contribution is 2.36. The minimum absolute atomic E-state index is 0.138. The normalized spacial score (nSPS) is 14.2. The Hall–Kier alpha value is -3.87. The number of hydrogen-bond acceptors (Lipinski definition) is 4. The second kappa shape index (κ2) is 7.75. The lowest BCUT2D eigenvalue weighted by Crippen LogP contribution is -2.35. The van der Waals surface area contributed by atoms with Crippen molar-refractivity contribution in [2.45, 2.75) is 12.8 Å². The average Bonchev–Trinajstić information content (AvgIpc) is 3.27. The fraction of sp³-hybridized carbons (Fsp3) is 0.167. The van der Waals surface area contributed by atoms with Crippen LogP contribution in [-0.2, 0) is 6.42 Å². The summed E-state index contributed by atoms with van der Waals surface area (Å²) >= 11 is 0. The lowest BCUT2D eigenvalue weighted by molar-refractivity contribution is 0.0983. The molecule has 6 nitrogen and oxygen atoms in total. The lowest BCUT2D eigenvalue weighted by Gasteiger charge is -2.31. The number of rotatable bonds is 3. The molecule has 1 N–H and O–H groups in total. The fourth-order valence-corrected chi connectivity index (χ4v) is 3.93. The van der Waals surface area contributed by atoms with Gasteiger partial charge in [-0.15, -0.1) is 0 Å². The van der Waals surface area contributed by atoms with Gasteiger partial charge in [0.1, 0.15) is 5.82 Å². The first kappa shape index (κ1) is 19.1. The molecule has 0 aromatic heterocycles. The van der Waals surface area contributed by atoms with Crippen LogP contribution in [0.3, 0.4) is 0 Å². The maximum Gasteiger partial charge on any atom is 0.258 e. The predicted octanol–water partition coefficient (Wildman–Crippen LogP) is 4.40. The number of carbonyl (C=O) groups excluding carboxylic acids is 2. The van der Waals surface area contributed by atoms with Crippen molar-refractivity contribution in [3.63, 3.8) is 0 Å². The van der Waals surface area contributed by atoms with Gasteiger partial charge in [0.25, 0.3) is 11.8 Å². The number of ether oxygens (including phenoxy) is 2. The van der Waals surface area contributed by atoms with E-state index in [-0.39, 0.29) is 18.6 Å². The monoisotopic (exact) mass is 418 g/mol. The number of hydrogen-bond donors (Lipinski definition) is 1. The Bertz CT molecular complexity index is 1180. The lowest BCUT2D eigenvalue weighted by atomic mass is 9.98. The van der Waals surface area contributed by atoms with Crippen LogP contribution in [0.4, 0.5) is 15.8 Å². The van der Waals surface area contributed by atoms with Crippen molar-refractivity contribution in [3.8, 4) is 11.5 Å². The van der Waals surface area contributed by atoms with Gasteiger partial charge in [-0.3, -0.25) is 9.59 Å². The first-order chi connectivity index (χ1) is 15.1. The zero-order chi connectivity index (χ0) is 21.4. The van der Waals surface area contributed by atoms with Gasteiger partial charge >= 0.3 is 0 Å². The van der Waals surface area contributed by atoms with Crippen LogP contribution in [-0.4, -0.2) is 25.2 Å². The molecule has 0 unspecified atom stereocenters. The number of fused-ring (bicyclic) bond motifs is 2. The number of halogens is 1. The minimum atomic E-state index is -0.397. The molecule has 0 atom stereocenters. The maximum absolute atomic E-state index is 13.3. The molecule has 3 aromatic carbocycles. The van der Waals surface area contributed by atoms with Gasteiger partial charge in [-0.25, -0.2) is 4.39 Å². The molecule has 3 aromatic rings. The summed E-state index contributed by atoms with van der Waals surface area (Å²) in [5, 5.41) is 2.90. The van der Waals surface area contributed by atoms with Gasteiger partial charge in [0, 0.05) is 29.0 Å². The minimum Gasteiger partial charge on any atom is -0.454 e. The third kappa shape index (κ3) is 3.59. The van der Waals surface area contributed by atoms with E-state index in [0.717, 1.165) is 24.1 Å². The molecule has 0 fully saturated rings. The van der Waals surface area contributed by atoms with E-state index in [9.17, 15) is 14.0 Å². The second-order valence-electron chi connectivity index (χ2n) is 7.39. The molecule has 5 rings (SSSR count). The van der Waals surface area contributed by atoms with Crippen LogP contribution in [0, 0.1) is 5.82 Å².